The number of hydrogen-bond acceptors (Lipinski definition) is 15. The van der Waals surface area contributed by atoms with Gasteiger partial charge in [0, 0.05) is 38.0 Å². The van der Waals surface area contributed by atoms with Gasteiger partial charge in [0.15, 0.2) is 0 Å². The zero-order valence-corrected chi connectivity index (χ0v) is 46.7. The third kappa shape index (κ3) is 21.2. The molecule has 3 aliphatic rings. The van der Waals surface area contributed by atoms with Crippen LogP contribution in [0.15, 0.2) is 84.9 Å². The number of aryl methyl sites for hydroxylation is 1. The van der Waals surface area contributed by atoms with E-state index >= 15 is 0 Å². The summed E-state index contributed by atoms with van der Waals surface area (Å²) < 4.78 is 69.9. The van der Waals surface area contributed by atoms with E-state index in [4.69, 9.17) is 0 Å². The van der Waals surface area contributed by atoms with Gasteiger partial charge in [-0.1, -0.05) is 129 Å². The van der Waals surface area contributed by atoms with Crippen molar-refractivity contribution >= 4 is 82.9 Å². The van der Waals surface area contributed by atoms with Crippen LogP contribution in [0, 0.1) is 6.92 Å². The Morgan fingerprint density at radius 3 is 1.24 bits per heavy atom. The van der Waals surface area contributed by atoms with Gasteiger partial charge in [0.25, 0.3) is 35.4 Å². The number of nitrogens with one attached hydrogen (secondary N) is 5. The Hall–Kier alpha value is -6.74. The van der Waals surface area contributed by atoms with Gasteiger partial charge in [0.1, 0.15) is 18.1 Å². The normalized spacial score (nSPS) is 18.1. The van der Waals surface area contributed by atoms with Crippen molar-refractivity contribution in [2.24, 2.45) is 0 Å². The van der Waals surface area contributed by atoms with E-state index < -0.39 is 101 Å². The number of ketones is 3. The number of carbonyl (C=O) groups is 9. The van der Waals surface area contributed by atoms with Crippen LogP contribution in [0.2, 0.25) is 0 Å². The van der Waals surface area contributed by atoms with E-state index in [1.165, 1.54) is 21.6 Å². The van der Waals surface area contributed by atoms with Crippen molar-refractivity contribution in [3.63, 3.8) is 0 Å². The zero-order chi connectivity index (χ0) is 57.6. The van der Waals surface area contributed by atoms with Crippen LogP contribution in [0.4, 0.5) is 0 Å². The lowest BCUT2D eigenvalue weighted by Crippen LogP contribution is -2.55. The molecule has 3 aliphatic heterocycles. The fourth-order valence-corrected chi connectivity index (χ4v) is 9.81. The highest BCUT2D eigenvalue weighted by Gasteiger charge is 2.37. The molecule has 3 unspecified atom stereocenters. The highest BCUT2D eigenvalue weighted by molar-refractivity contribution is 7.89. The number of likely N-dealkylation sites (tertiary alicyclic amines) is 3. The van der Waals surface area contributed by atoms with Crippen molar-refractivity contribution in [3.8, 4) is 0 Å². The molecule has 78 heavy (non-hydrogen) atoms. The highest BCUT2D eigenvalue weighted by Crippen LogP contribution is 2.22. The van der Waals surface area contributed by atoms with Crippen molar-refractivity contribution in [3.05, 3.63) is 107 Å². The van der Waals surface area contributed by atoms with Crippen molar-refractivity contribution in [1.29, 1.82) is 0 Å². The molecule has 3 heterocycles. The van der Waals surface area contributed by atoms with Crippen LogP contribution in [0.25, 0.3) is 0 Å². The summed E-state index contributed by atoms with van der Waals surface area (Å²) in [6, 6.07) is 21.7. The summed E-state index contributed by atoms with van der Waals surface area (Å²) in [6.07, 6.45) is 9.44. The summed E-state index contributed by atoms with van der Waals surface area (Å²) in [5.74, 6) is -6.30. The SMILES string of the molecule is CCS(=O)(=O)NNC(=O)C1CCCCCN1C(=O)C(=O)Cc1ccccc1.CS(=O)(=O)NNC(=O)C1CCCCCN1C(=O)C(=O)Cc1ccccc1.Cc1ccc(C(=O)C(=O)N2CCCCCC2C(=O)NS(C)(=O)=O)cc1. The molecule has 3 aromatic carbocycles. The zero-order valence-electron chi connectivity index (χ0n) is 44.2. The molecule has 426 valence electrons. The molecule has 3 fully saturated rings. The summed E-state index contributed by atoms with van der Waals surface area (Å²) >= 11 is 0. The van der Waals surface area contributed by atoms with Crippen LogP contribution in [0.5, 0.6) is 0 Å². The number of amides is 6. The number of carbonyl (C=O) groups excluding carboxylic acids is 9. The van der Waals surface area contributed by atoms with Crippen LogP contribution in [0.1, 0.15) is 111 Å². The molecule has 0 aliphatic carbocycles. The smallest absolute Gasteiger partial charge is 0.295 e. The maximum Gasteiger partial charge on any atom is 0.295 e. The van der Waals surface area contributed by atoms with Gasteiger partial charge < -0.3 is 14.7 Å². The van der Waals surface area contributed by atoms with E-state index in [9.17, 15) is 68.4 Å². The van der Waals surface area contributed by atoms with Gasteiger partial charge in [-0.25, -0.2) is 25.3 Å². The van der Waals surface area contributed by atoms with Gasteiger partial charge >= 0.3 is 0 Å². The molecule has 0 spiro atoms. The summed E-state index contributed by atoms with van der Waals surface area (Å²) in [5, 5.41) is 0. The van der Waals surface area contributed by atoms with Gasteiger partial charge in [-0.15, -0.1) is 9.66 Å². The topological polar surface area (TPSA) is 326 Å². The van der Waals surface area contributed by atoms with E-state index in [1.807, 2.05) is 33.4 Å². The Kier molecular flexibility index (Phi) is 24.9. The lowest BCUT2D eigenvalue weighted by atomic mass is 10.1. The first-order valence-electron chi connectivity index (χ1n) is 25.6. The Bertz CT molecular complexity index is 2950. The largest absolute Gasteiger partial charge is 0.324 e. The summed E-state index contributed by atoms with van der Waals surface area (Å²) in [6.45, 7) is 4.14. The van der Waals surface area contributed by atoms with Gasteiger partial charge in [-0.2, -0.15) is 0 Å². The van der Waals surface area contributed by atoms with Gasteiger partial charge in [-0.05, 0) is 63.5 Å². The molecule has 6 rings (SSSR count). The highest BCUT2D eigenvalue weighted by atomic mass is 32.2. The maximum atomic E-state index is 12.7. The summed E-state index contributed by atoms with van der Waals surface area (Å²) in [7, 11) is -11.0. The first-order valence-corrected chi connectivity index (χ1v) is 31.0. The van der Waals surface area contributed by atoms with Crippen LogP contribution in [0.3, 0.4) is 0 Å². The first-order chi connectivity index (χ1) is 36.8. The summed E-state index contributed by atoms with van der Waals surface area (Å²) in [5.41, 5.74) is 6.94. The minimum Gasteiger partial charge on any atom is -0.324 e. The quantitative estimate of drug-likeness (QED) is 0.0730. The van der Waals surface area contributed by atoms with E-state index in [0.29, 0.717) is 51.4 Å². The van der Waals surface area contributed by atoms with Crippen molar-refractivity contribution < 1.29 is 68.4 Å². The predicted molar refractivity (Wildman–Crippen MR) is 288 cm³/mol. The maximum absolute atomic E-state index is 12.7. The van der Waals surface area contributed by atoms with Crippen molar-refractivity contribution in [2.75, 3.05) is 37.9 Å². The molecule has 0 aromatic heterocycles. The van der Waals surface area contributed by atoms with E-state index in [-0.39, 0.29) is 43.8 Å². The second kappa shape index (κ2) is 30.4. The van der Waals surface area contributed by atoms with E-state index in [1.54, 1.807) is 72.8 Å². The van der Waals surface area contributed by atoms with Crippen LogP contribution < -0.4 is 25.2 Å². The van der Waals surface area contributed by atoms with Gasteiger partial charge in [0.05, 0.1) is 18.3 Å². The third-order valence-electron chi connectivity index (χ3n) is 12.7. The number of sulfonamides is 3. The average molecular weight is 1140 g/mol. The van der Waals surface area contributed by atoms with E-state index in [0.717, 1.165) is 54.9 Å². The minimum atomic E-state index is -3.73. The van der Waals surface area contributed by atoms with E-state index in [2.05, 4.69) is 10.9 Å². The monoisotopic (exact) mass is 1140 g/mol. The Morgan fingerprint density at radius 2 is 0.859 bits per heavy atom. The summed E-state index contributed by atoms with van der Waals surface area (Å²) in [4.78, 5) is 120. The Morgan fingerprint density at radius 1 is 0.474 bits per heavy atom. The minimum absolute atomic E-state index is 0.0347. The standard InChI is InChI=1S/C18H25N3O5S.C17H23N3O5S.C17H22N2O5S/c1-2-27(25,26)20-19-17(23)15-11-7-4-8-12-21(15)18(24)16(22)13-14-9-5-3-6-10-14;1-26(24,25)19-18-16(22)14-10-6-3-7-11-20(14)17(23)15(21)12-13-8-4-2-5-9-13;1-12-7-9-13(10-8-12)15(20)17(22)19-11-5-3-4-6-14(19)16(21)18-25(2,23)24/h3,5-6,9-10,15,20H,2,4,7-8,11-13H2,1H3,(H,19,23);2,4-5,8-9,14,19H,3,6-7,10-12H2,1H3,(H,18,22);7-10,14H,3-6,11H2,1-2H3,(H,18,21). The molecule has 0 radical (unpaired) electrons. The Balaban J connectivity index is 0.000000253. The number of benzene rings is 3. The molecular formula is C52H70N8O15S3. The van der Waals surface area contributed by atoms with Crippen molar-refractivity contribution in [2.45, 2.75) is 122 Å². The lowest BCUT2D eigenvalue weighted by Gasteiger charge is -2.28. The fourth-order valence-electron chi connectivity index (χ4n) is 8.63. The van der Waals surface area contributed by atoms with Gasteiger partial charge in [-0.3, -0.25) is 58.7 Å². The molecule has 26 heteroatoms. The van der Waals surface area contributed by atoms with Crippen LogP contribution in [-0.2, 0) is 81.3 Å². The Labute approximate surface area is 456 Å². The second-order valence-corrected chi connectivity index (χ2v) is 24.6. The van der Waals surface area contributed by atoms with Crippen LogP contribution >= 0.6 is 0 Å². The fraction of sp³-hybridized carbons (Fsp3) is 0.481. The number of nitrogens with zero attached hydrogens (tertiary/aromatic N) is 3. The number of Topliss-reactive ketones (excluding diaryl/α,β-unsaturated/α-hetero) is 3. The third-order valence-corrected chi connectivity index (χ3v) is 14.9. The first kappa shape index (κ1) is 63.8. The molecule has 0 saturated carbocycles. The molecule has 3 saturated heterocycles. The molecular weight excluding hydrogens is 1070 g/mol. The second-order valence-electron chi connectivity index (χ2n) is 19.1. The number of rotatable bonds is 17. The molecule has 0 bridgehead atoms. The number of hydrazine groups is 2. The molecule has 5 N–H and O–H groups in total. The van der Waals surface area contributed by atoms with Crippen molar-refractivity contribution in [1.82, 2.24) is 39.9 Å². The van der Waals surface area contributed by atoms with Gasteiger partial charge in [0.2, 0.25) is 47.4 Å². The molecule has 6 amide bonds. The lowest BCUT2D eigenvalue weighted by molar-refractivity contribution is -0.148. The molecule has 23 nitrogen and oxygen atoms in total. The molecule has 3 atom stereocenters. The predicted octanol–water partition coefficient (Wildman–Crippen LogP) is 1.71. The molecule has 3 aromatic rings. The number of hydrogen-bond donors (Lipinski definition) is 5. The van der Waals surface area contributed by atoms with Crippen LogP contribution in [-0.4, -0.2) is 149 Å². The average Bonchev–Trinajstić information content (AvgIpc) is 3.93.